The van der Waals surface area contributed by atoms with Gasteiger partial charge in [0.25, 0.3) is 5.91 Å². The summed E-state index contributed by atoms with van der Waals surface area (Å²) >= 11 is 0. The molecule has 2 fully saturated rings. The van der Waals surface area contributed by atoms with Crippen molar-refractivity contribution in [2.75, 3.05) is 6.61 Å². The van der Waals surface area contributed by atoms with E-state index in [9.17, 15) is 14.0 Å². The number of rotatable bonds is 4. The molecule has 1 saturated heterocycles. The molecule has 164 valence electrons. The number of amides is 2. The summed E-state index contributed by atoms with van der Waals surface area (Å²) in [5.41, 5.74) is 0.571. The fraction of sp³-hybridized carbons (Fsp3) is 0.440. The van der Waals surface area contributed by atoms with Gasteiger partial charge >= 0.3 is 0 Å². The van der Waals surface area contributed by atoms with Gasteiger partial charge < -0.3 is 10.1 Å². The van der Waals surface area contributed by atoms with E-state index in [1.54, 1.807) is 4.90 Å². The molecule has 0 bridgehead atoms. The van der Waals surface area contributed by atoms with Crippen LogP contribution >= 0.6 is 0 Å². The summed E-state index contributed by atoms with van der Waals surface area (Å²) in [6.45, 7) is 4.28. The Kier molecular flexibility index (Phi) is 6.10. The number of ether oxygens (including phenoxy) is 1. The average Bonchev–Trinajstić information content (AvgIpc) is 3.15. The molecule has 2 aliphatic rings. The van der Waals surface area contributed by atoms with E-state index in [1.807, 2.05) is 37.3 Å². The predicted octanol–water partition coefficient (Wildman–Crippen LogP) is 4.45. The van der Waals surface area contributed by atoms with Crippen LogP contribution in [0.4, 0.5) is 4.39 Å². The summed E-state index contributed by atoms with van der Waals surface area (Å²) in [5, 5.41) is 3.04. The Morgan fingerprint density at radius 3 is 2.39 bits per heavy atom. The van der Waals surface area contributed by atoms with Gasteiger partial charge in [-0.05, 0) is 68.4 Å². The minimum Gasteiger partial charge on any atom is -0.353 e. The first kappa shape index (κ1) is 21.5. The van der Waals surface area contributed by atoms with Crippen LogP contribution in [0.5, 0.6) is 0 Å². The van der Waals surface area contributed by atoms with E-state index >= 15 is 0 Å². The summed E-state index contributed by atoms with van der Waals surface area (Å²) in [4.78, 5) is 28.4. The molecule has 1 aliphatic carbocycles. The quantitative estimate of drug-likeness (QED) is 0.789. The molecular weight excluding hydrogens is 395 g/mol. The number of benzene rings is 2. The maximum absolute atomic E-state index is 13.5. The van der Waals surface area contributed by atoms with E-state index in [4.69, 9.17) is 4.74 Å². The van der Waals surface area contributed by atoms with E-state index in [1.165, 1.54) is 24.3 Å². The summed E-state index contributed by atoms with van der Waals surface area (Å²) in [6, 6.07) is 14.3. The van der Waals surface area contributed by atoms with E-state index in [2.05, 4.69) is 12.2 Å². The Balaban J connectivity index is 1.60. The molecule has 1 aliphatic heterocycles. The van der Waals surface area contributed by atoms with Gasteiger partial charge in [0.2, 0.25) is 5.91 Å². The maximum atomic E-state index is 13.5. The highest BCUT2D eigenvalue weighted by Gasteiger charge is 2.53. The van der Waals surface area contributed by atoms with Crippen LogP contribution in [-0.4, -0.2) is 35.1 Å². The van der Waals surface area contributed by atoms with Crippen molar-refractivity contribution in [3.05, 3.63) is 71.5 Å². The van der Waals surface area contributed by atoms with Gasteiger partial charge in [0.1, 0.15) is 17.6 Å². The van der Waals surface area contributed by atoms with Gasteiger partial charge in [0, 0.05) is 5.56 Å². The van der Waals surface area contributed by atoms with Crippen LogP contribution < -0.4 is 5.32 Å². The first-order chi connectivity index (χ1) is 14.9. The highest BCUT2D eigenvalue weighted by atomic mass is 19.1. The lowest BCUT2D eigenvalue weighted by Crippen LogP contribution is -2.57. The van der Waals surface area contributed by atoms with E-state index in [0.29, 0.717) is 24.3 Å². The SMILES string of the molecule is CC1CCC2(CC1)OC[C@H](C(=O)N[C@@H](C)c1ccccc1)N2C(=O)c1ccc(F)cc1. The molecule has 0 unspecified atom stereocenters. The maximum Gasteiger partial charge on any atom is 0.256 e. The van der Waals surface area contributed by atoms with E-state index < -0.39 is 17.6 Å². The molecule has 2 amide bonds. The minimum atomic E-state index is -0.782. The number of carbonyl (C=O) groups is 2. The van der Waals surface area contributed by atoms with Crippen molar-refractivity contribution in [1.29, 1.82) is 0 Å². The Morgan fingerprint density at radius 2 is 1.74 bits per heavy atom. The fourth-order valence-corrected chi connectivity index (χ4v) is 4.65. The molecule has 1 heterocycles. The van der Waals surface area contributed by atoms with E-state index in [0.717, 1.165) is 18.4 Å². The summed E-state index contributed by atoms with van der Waals surface area (Å²) in [7, 11) is 0. The number of nitrogens with zero attached hydrogens (tertiary/aromatic N) is 1. The molecule has 6 heteroatoms. The largest absolute Gasteiger partial charge is 0.353 e. The predicted molar refractivity (Wildman–Crippen MR) is 116 cm³/mol. The second-order valence-corrected chi connectivity index (χ2v) is 8.78. The van der Waals surface area contributed by atoms with Crippen LogP contribution in [0.1, 0.15) is 61.5 Å². The second kappa shape index (κ2) is 8.79. The first-order valence-corrected chi connectivity index (χ1v) is 11.0. The molecule has 0 aromatic heterocycles. The zero-order valence-electron chi connectivity index (χ0n) is 18.0. The lowest BCUT2D eigenvalue weighted by molar-refractivity contribution is -0.128. The van der Waals surface area contributed by atoms with Crippen molar-refractivity contribution >= 4 is 11.8 Å². The highest BCUT2D eigenvalue weighted by Crippen LogP contribution is 2.43. The van der Waals surface area contributed by atoms with Crippen molar-refractivity contribution in [3.8, 4) is 0 Å². The highest BCUT2D eigenvalue weighted by molar-refractivity contribution is 5.98. The Morgan fingerprint density at radius 1 is 1.10 bits per heavy atom. The summed E-state index contributed by atoms with van der Waals surface area (Å²) in [5.74, 6) is -0.369. The van der Waals surface area contributed by atoms with Gasteiger partial charge in [-0.2, -0.15) is 0 Å². The summed E-state index contributed by atoms with van der Waals surface area (Å²) in [6.07, 6.45) is 3.25. The van der Waals surface area contributed by atoms with Gasteiger partial charge in [0.05, 0.1) is 12.6 Å². The van der Waals surface area contributed by atoms with Gasteiger partial charge in [-0.3, -0.25) is 14.5 Å². The van der Waals surface area contributed by atoms with Crippen molar-refractivity contribution in [3.63, 3.8) is 0 Å². The van der Waals surface area contributed by atoms with Crippen LogP contribution in [0.2, 0.25) is 0 Å². The molecular formula is C25H29FN2O3. The molecule has 1 spiro atoms. The number of nitrogens with one attached hydrogen (secondary N) is 1. The Bertz CT molecular complexity index is 924. The van der Waals surface area contributed by atoms with Crippen LogP contribution in [0.25, 0.3) is 0 Å². The molecule has 2 aromatic rings. The van der Waals surface area contributed by atoms with Gasteiger partial charge in [0.15, 0.2) is 0 Å². The number of halogens is 1. The van der Waals surface area contributed by atoms with Crippen LogP contribution in [0.15, 0.2) is 54.6 Å². The topological polar surface area (TPSA) is 58.6 Å². The van der Waals surface area contributed by atoms with Crippen LogP contribution in [0, 0.1) is 11.7 Å². The standard InChI is InChI=1S/C25H29FN2O3/c1-17-12-14-25(15-13-17)28(24(30)20-8-10-21(26)11-9-20)22(16-31-25)23(29)27-18(2)19-6-4-3-5-7-19/h3-11,17-18,22H,12-16H2,1-2H3,(H,27,29)/t17?,18-,22+,25?/m0/s1. The fourth-order valence-electron chi connectivity index (χ4n) is 4.65. The van der Waals surface area contributed by atoms with Gasteiger partial charge in [-0.25, -0.2) is 4.39 Å². The minimum absolute atomic E-state index is 0.161. The zero-order valence-corrected chi connectivity index (χ0v) is 18.0. The van der Waals surface area contributed by atoms with Crippen LogP contribution in [-0.2, 0) is 9.53 Å². The molecule has 1 saturated carbocycles. The van der Waals surface area contributed by atoms with Crippen molar-refractivity contribution in [2.24, 2.45) is 5.92 Å². The molecule has 2 aromatic carbocycles. The summed E-state index contributed by atoms with van der Waals surface area (Å²) < 4.78 is 19.6. The van der Waals surface area contributed by atoms with Crippen LogP contribution in [0.3, 0.4) is 0 Å². The lowest BCUT2D eigenvalue weighted by atomic mass is 9.83. The molecule has 4 rings (SSSR count). The normalized spacial score (nSPS) is 26.6. The molecule has 31 heavy (non-hydrogen) atoms. The third kappa shape index (κ3) is 4.35. The van der Waals surface area contributed by atoms with Gasteiger partial charge in [-0.15, -0.1) is 0 Å². The van der Waals surface area contributed by atoms with Crippen molar-refractivity contribution in [1.82, 2.24) is 10.2 Å². The number of hydrogen-bond acceptors (Lipinski definition) is 3. The Labute approximate surface area is 182 Å². The first-order valence-electron chi connectivity index (χ1n) is 11.0. The molecule has 0 radical (unpaired) electrons. The molecule has 2 atom stereocenters. The third-order valence-electron chi connectivity index (χ3n) is 6.59. The van der Waals surface area contributed by atoms with Crippen molar-refractivity contribution < 1.29 is 18.7 Å². The van der Waals surface area contributed by atoms with Gasteiger partial charge in [-0.1, -0.05) is 37.3 Å². The average molecular weight is 425 g/mol. The van der Waals surface area contributed by atoms with Crippen molar-refractivity contribution in [2.45, 2.75) is 57.3 Å². The third-order valence-corrected chi connectivity index (χ3v) is 6.59. The molecule has 5 nitrogen and oxygen atoms in total. The monoisotopic (exact) mass is 424 g/mol. The number of hydrogen-bond donors (Lipinski definition) is 1. The lowest BCUT2D eigenvalue weighted by Gasteiger charge is -2.43. The number of carbonyl (C=O) groups excluding carboxylic acids is 2. The Hall–Kier alpha value is -2.73. The molecule has 1 N–H and O–H groups in total. The smallest absolute Gasteiger partial charge is 0.256 e. The zero-order chi connectivity index (χ0) is 22.0. The second-order valence-electron chi connectivity index (χ2n) is 8.78. The van der Waals surface area contributed by atoms with E-state index in [-0.39, 0.29) is 24.5 Å².